The van der Waals surface area contributed by atoms with Crippen LogP contribution in [0.2, 0.25) is 0 Å². The van der Waals surface area contributed by atoms with E-state index in [2.05, 4.69) is 10.2 Å². The molecule has 0 fully saturated rings. The van der Waals surface area contributed by atoms with E-state index in [0.717, 1.165) is 5.56 Å². The average molecular weight is 460 g/mol. The molecule has 3 rings (SSSR count). The number of hydrogen-bond donors (Lipinski definition) is 1. The van der Waals surface area contributed by atoms with Gasteiger partial charge in [0.05, 0.1) is 17.2 Å². The highest BCUT2D eigenvalue weighted by Gasteiger charge is 2.23. The number of nitrogens with two attached hydrogens (primary N) is 1. The molecule has 0 saturated heterocycles. The lowest BCUT2D eigenvalue weighted by Crippen LogP contribution is -2.30. The van der Waals surface area contributed by atoms with Crippen molar-refractivity contribution in [1.29, 1.82) is 0 Å². The van der Waals surface area contributed by atoms with Gasteiger partial charge in [0.1, 0.15) is 0 Å². The van der Waals surface area contributed by atoms with Gasteiger partial charge >= 0.3 is 0 Å². The van der Waals surface area contributed by atoms with Gasteiger partial charge in [-0.05, 0) is 17.7 Å². The van der Waals surface area contributed by atoms with Crippen molar-refractivity contribution in [3.8, 4) is 11.4 Å². The van der Waals surface area contributed by atoms with Gasteiger partial charge in [-0.25, -0.2) is 8.42 Å². The van der Waals surface area contributed by atoms with Crippen LogP contribution in [0.3, 0.4) is 0 Å². The number of hydrogen-bond acceptors (Lipinski definition) is 6. The first-order valence-corrected chi connectivity index (χ1v) is 12.3. The van der Waals surface area contributed by atoms with E-state index in [4.69, 9.17) is 5.73 Å². The van der Waals surface area contributed by atoms with E-state index in [-0.39, 0.29) is 10.6 Å². The first-order chi connectivity index (χ1) is 14.9. The van der Waals surface area contributed by atoms with Crippen LogP contribution in [0.25, 0.3) is 11.4 Å². The molecule has 1 aromatic heterocycles. The van der Waals surface area contributed by atoms with Gasteiger partial charge in [-0.15, -0.1) is 10.2 Å². The van der Waals surface area contributed by atoms with Crippen LogP contribution in [-0.4, -0.2) is 52.2 Å². The van der Waals surface area contributed by atoms with Crippen molar-refractivity contribution in [1.82, 2.24) is 19.1 Å². The van der Waals surface area contributed by atoms with Gasteiger partial charge in [-0.2, -0.15) is 4.31 Å². The summed E-state index contributed by atoms with van der Waals surface area (Å²) in [5, 5.41) is 9.07. The minimum Gasteiger partial charge on any atom is -0.369 e. The van der Waals surface area contributed by atoms with E-state index in [1.165, 1.54) is 16.1 Å². The molecule has 0 radical (unpaired) electrons. The predicted molar refractivity (Wildman–Crippen MR) is 121 cm³/mol. The van der Waals surface area contributed by atoms with E-state index in [9.17, 15) is 13.2 Å². The number of benzene rings is 2. The number of rotatable bonds is 10. The summed E-state index contributed by atoms with van der Waals surface area (Å²) in [6.45, 7) is 4.87. The number of sulfonamides is 1. The third-order valence-electron chi connectivity index (χ3n) is 4.68. The van der Waals surface area contributed by atoms with Crippen LogP contribution in [0.4, 0.5) is 0 Å². The van der Waals surface area contributed by atoms with Crippen LogP contribution in [0.1, 0.15) is 19.4 Å². The zero-order valence-corrected chi connectivity index (χ0v) is 19.1. The zero-order chi connectivity index (χ0) is 22.4. The maximum atomic E-state index is 13.0. The fourth-order valence-corrected chi connectivity index (χ4v) is 5.34. The van der Waals surface area contributed by atoms with Gasteiger partial charge in [0.25, 0.3) is 0 Å². The Balaban J connectivity index is 2.05. The molecule has 2 aromatic carbocycles. The van der Waals surface area contributed by atoms with Gasteiger partial charge in [-0.3, -0.25) is 9.36 Å². The molecular formula is C21H25N5O3S2. The monoisotopic (exact) mass is 459 g/mol. The lowest BCUT2D eigenvalue weighted by atomic mass is 10.2. The summed E-state index contributed by atoms with van der Waals surface area (Å²) in [5.41, 5.74) is 6.95. The topological polar surface area (TPSA) is 111 Å². The largest absolute Gasteiger partial charge is 0.369 e. The SMILES string of the molecule is CCN(CC)S(=O)(=O)c1cccc(-c2nnc(SCC(N)=O)n2Cc2ccccc2)c1. The second-order valence-corrected chi connectivity index (χ2v) is 9.63. The molecule has 8 nitrogen and oxygen atoms in total. The van der Waals surface area contributed by atoms with E-state index in [1.54, 1.807) is 24.3 Å². The van der Waals surface area contributed by atoms with E-state index < -0.39 is 15.9 Å². The molecular weight excluding hydrogens is 434 g/mol. The Morgan fingerprint density at radius 1 is 1.06 bits per heavy atom. The van der Waals surface area contributed by atoms with Crippen LogP contribution in [-0.2, 0) is 21.4 Å². The Hall–Kier alpha value is -2.69. The van der Waals surface area contributed by atoms with Crippen molar-refractivity contribution in [2.75, 3.05) is 18.8 Å². The van der Waals surface area contributed by atoms with Crippen molar-refractivity contribution in [3.05, 3.63) is 60.2 Å². The fraction of sp³-hybridized carbons (Fsp3) is 0.286. The van der Waals surface area contributed by atoms with E-state index >= 15 is 0 Å². The van der Waals surface area contributed by atoms with Crippen LogP contribution >= 0.6 is 11.8 Å². The van der Waals surface area contributed by atoms with Crippen molar-refractivity contribution in [2.45, 2.75) is 30.4 Å². The number of primary amides is 1. The quantitative estimate of drug-likeness (QED) is 0.467. The molecule has 0 aliphatic carbocycles. The summed E-state index contributed by atoms with van der Waals surface area (Å²) in [4.78, 5) is 11.5. The molecule has 0 spiro atoms. The minimum atomic E-state index is -3.61. The number of nitrogens with zero attached hydrogens (tertiary/aromatic N) is 4. The fourth-order valence-electron chi connectivity index (χ4n) is 3.16. The predicted octanol–water partition coefficient (Wildman–Crippen LogP) is 2.60. The molecule has 164 valence electrons. The third kappa shape index (κ3) is 5.33. The van der Waals surface area contributed by atoms with Gasteiger partial charge in [0.15, 0.2) is 11.0 Å². The van der Waals surface area contributed by atoms with Gasteiger partial charge in [0.2, 0.25) is 15.9 Å². The second-order valence-electron chi connectivity index (χ2n) is 6.75. The summed E-state index contributed by atoms with van der Waals surface area (Å²) in [6.07, 6.45) is 0. The highest BCUT2D eigenvalue weighted by Crippen LogP contribution is 2.27. The number of carbonyl (C=O) groups is 1. The maximum absolute atomic E-state index is 13.0. The van der Waals surface area contributed by atoms with Crippen LogP contribution in [0.15, 0.2) is 64.6 Å². The first kappa shape index (κ1) is 23.0. The van der Waals surface area contributed by atoms with Crippen molar-refractivity contribution in [3.63, 3.8) is 0 Å². The molecule has 0 aliphatic rings. The molecule has 2 N–H and O–H groups in total. The average Bonchev–Trinajstić information content (AvgIpc) is 3.16. The molecule has 1 amide bonds. The second kappa shape index (κ2) is 10.1. The Morgan fingerprint density at radius 3 is 2.42 bits per heavy atom. The van der Waals surface area contributed by atoms with Crippen molar-refractivity contribution < 1.29 is 13.2 Å². The summed E-state index contributed by atoms with van der Waals surface area (Å²) in [5.74, 6) is 0.143. The summed E-state index contributed by atoms with van der Waals surface area (Å²) < 4.78 is 29.2. The lowest BCUT2D eigenvalue weighted by molar-refractivity contribution is -0.115. The molecule has 0 aliphatic heterocycles. The first-order valence-electron chi connectivity index (χ1n) is 9.85. The maximum Gasteiger partial charge on any atom is 0.243 e. The van der Waals surface area contributed by atoms with Gasteiger partial charge < -0.3 is 5.73 Å². The number of aromatic nitrogens is 3. The smallest absolute Gasteiger partial charge is 0.243 e. The van der Waals surface area contributed by atoms with Gasteiger partial charge in [-0.1, -0.05) is 68.1 Å². The van der Waals surface area contributed by atoms with Crippen LogP contribution in [0, 0.1) is 0 Å². The molecule has 10 heteroatoms. The number of carbonyl (C=O) groups excluding carboxylic acids is 1. The Bertz CT molecular complexity index is 1140. The Kier molecular flexibility index (Phi) is 7.47. The normalized spacial score (nSPS) is 11.7. The van der Waals surface area contributed by atoms with Gasteiger partial charge in [0, 0.05) is 18.7 Å². The lowest BCUT2D eigenvalue weighted by Gasteiger charge is -2.19. The molecule has 0 bridgehead atoms. The Morgan fingerprint density at radius 2 is 1.77 bits per heavy atom. The molecule has 0 unspecified atom stereocenters. The van der Waals surface area contributed by atoms with Crippen molar-refractivity contribution in [2.24, 2.45) is 5.73 Å². The molecule has 3 aromatic rings. The minimum absolute atomic E-state index is 0.0727. The molecule has 0 atom stereocenters. The van der Waals surface area contributed by atoms with E-state index in [0.29, 0.717) is 36.2 Å². The molecule has 1 heterocycles. The zero-order valence-electron chi connectivity index (χ0n) is 17.4. The molecule has 31 heavy (non-hydrogen) atoms. The standard InChI is InChI=1S/C21H25N5O3S2/c1-3-25(4-2)31(28,29)18-12-8-11-17(13-18)20-23-24-21(30-15-19(22)27)26(20)14-16-9-6-5-7-10-16/h5-13H,3-4,14-15H2,1-2H3,(H2,22,27). The Labute approximate surface area is 186 Å². The highest BCUT2D eigenvalue weighted by molar-refractivity contribution is 7.99. The summed E-state index contributed by atoms with van der Waals surface area (Å²) in [7, 11) is -3.61. The van der Waals surface area contributed by atoms with E-state index in [1.807, 2.05) is 48.7 Å². The van der Waals surface area contributed by atoms with Crippen molar-refractivity contribution >= 4 is 27.7 Å². The highest BCUT2D eigenvalue weighted by atomic mass is 32.2. The number of amides is 1. The van der Waals surface area contributed by atoms with Crippen LogP contribution in [0.5, 0.6) is 0 Å². The molecule has 0 saturated carbocycles. The summed E-state index contributed by atoms with van der Waals surface area (Å²) >= 11 is 1.20. The van der Waals surface area contributed by atoms with Crippen LogP contribution < -0.4 is 5.73 Å². The third-order valence-corrected chi connectivity index (χ3v) is 7.71. The number of thioether (sulfide) groups is 1. The summed E-state index contributed by atoms with van der Waals surface area (Å²) in [6, 6.07) is 16.5.